The monoisotopic (exact) mass is 624 g/mol. The molecule has 2 aliphatic carbocycles. The van der Waals surface area contributed by atoms with Crippen LogP contribution in [0.5, 0.6) is 0 Å². The summed E-state index contributed by atoms with van der Waals surface area (Å²) < 4.78 is 6.80. The first-order chi connectivity index (χ1) is 22.3. The van der Waals surface area contributed by atoms with Gasteiger partial charge in [-0.25, -0.2) is 29.7 Å². The number of carbonyl (C=O) groups excluding carboxylic acids is 4. The number of imide groups is 1. The Kier molecular flexibility index (Phi) is 7.50. The van der Waals surface area contributed by atoms with Crippen molar-refractivity contribution in [3.8, 4) is 0 Å². The minimum atomic E-state index is -0.641. The molecule has 7 rings (SSSR count). The quantitative estimate of drug-likeness (QED) is 0.185. The van der Waals surface area contributed by atoms with Gasteiger partial charge in [0.1, 0.15) is 36.9 Å². The second-order valence-corrected chi connectivity index (χ2v) is 11.7. The molecule has 15 nitrogen and oxygen atoms in total. The Bertz CT molecular complexity index is 1870. The van der Waals surface area contributed by atoms with Gasteiger partial charge in [0, 0.05) is 42.2 Å². The number of hydrogen-bond acceptors (Lipinski definition) is 11. The van der Waals surface area contributed by atoms with Gasteiger partial charge in [0.25, 0.3) is 5.91 Å². The van der Waals surface area contributed by atoms with Crippen LogP contribution in [0.25, 0.3) is 5.65 Å². The van der Waals surface area contributed by atoms with Crippen molar-refractivity contribution in [2.75, 3.05) is 35.2 Å². The van der Waals surface area contributed by atoms with Gasteiger partial charge < -0.3 is 19.8 Å². The van der Waals surface area contributed by atoms with Gasteiger partial charge >= 0.3 is 12.0 Å². The van der Waals surface area contributed by atoms with Crippen molar-refractivity contribution in [1.82, 2.24) is 34.2 Å². The number of esters is 1. The molecule has 0 aromatic carbocycles. The second kappa shape index (κ2) is 11.8. The Balaban J connectivity index is 1.05. The van der Waals surface area contributed by atoms with E-state index >= 15 is 0 Å². The number of rotatable bonds is 11. The van der Waals surface area contributed by atoms with Crippen LogP contribution in [-0.4, -0.2) is 77.7 Å². The lowest BCUT2D eigenvalue weighted by atomic mass is 10.1. The summed E-state index contributed by atoms with van der Waals surface area (Å²) in [6, 6.07) is 4.80. The molecule has 5 heterocycles. The van der Waals surface area contributed by atoms with Crippen LogP contribution in [0.2, 0.25) is 0 Å². The summed E-state index contributed by atoms with van der Waals surface area (Å²) in [7, 11) is 0. The molecule has 0 bridgehead atoms. The van der Waals surface area contributed by atoms with Gasteiger partial charge in [-0.3, -0.25) is 24.2 Å². The molecule has 236 valence electrons. The van der Waals surface area contributed by atoms with Crippen molar-refractivity contribution < 1.29 is 23.9 Å². The van der Waals surface area contributed by atoms with Crippen LogP contribution >= 0.6 is 0 Å². The van der Waals surface area contributed by atoms with Crippen LogP contribution in [-0.2, 0) is 25.7 Å². The van der Waals surface area contributed by atoms with Gasteiger partial charge in [-0.15, -0.1) is 0 Å². The Morgan fingerprint density at radius 3 is 2.67 bits per heavy atom. The van der Waals surface area contributed by atoms with Crippen molar-refractivity contribution in [3.63, 3.8) is 0 Å². The third-order valence-corrected chi connectivity index (χ3v) is 8.23. The van der Waals surface area contributed by atoms with Crippen molar-refractivity contribution in [1.29, 1.82) is 0 Å². The summed E-state index contributed by atoms with van der Waals surface area (Å²) in [6.45, 7) is 3.38. The number of pyridine rings is 1. The average molecular weight is 625 g/mol. The zero-order valence-electron chi connectivity index (χ0n) is 25.3. The van der Waals surface area contributed by atoms with E-state index in [0.29, 0.717) is 53.4 Å². The number of nitrogens with zero attached hydrogens (tertiary/aromatic N) is 8. The van der Waals surface area contributed by atoms with Gasteiger partial charge in [-0.05, 0) is 56.7 Å². The van der Waals surface area contributed by atoms with Gasteiger partial charge in [-0.2, -0.15) is 0 Å². The lowest BCUT2D eigenvalue weighted by molar-refractivity contribution is -0.146. The Labute approximate surface area is 263 Å². The molecule has 2 atom stereocenters. The SMILES string of the molecule is CCOC(=O)CN1C(=O)CN(c2cc(C3CC3)cn3cc(CNc4cc(NC(=O)[C@H]5C[C@@H]5c5nccc(C)n5)ncn4)nc23)C1=O. The molecule has 0 spiro atoms. The van der Waals surface area contributed by atoms with E-state index in [9.17, 15) is 19.2 Å². The first kappa shape index (κ1) is 29.3. The van der Waals surface area contributed by atoms with Crippen LogP contribution in [0, 0.1) is 12.8 Å². The second-order valence-electron chi connectivity index (χ2n) is 11.7. The first-order valence-corrected chi connectivity index (χ1v) is 15.2. The third-order valence-electron chi connectivity index (χ3n) is 8.23. The number of aryl methyl sites for hydroxylation is 1. The molecule has 15 heteroatoms. The zero-order valence-corrected chi connectivity index (χ0v) is 25.3. The molecule has 3 aliphatic rings. The fourth-order valence-electron chi connectivity index (χ4n) is 5.64. The van der Waals surface area contributed by atoms with Crippen molar-refractivity contribution in [2.45, 2.75) is 51.5 Å². The van der Waals surface area contributed by atoms with Crippen LogP contribution in [0.1, 0.15) is 60.8 Å². The maximum Gasteiger partial charge on any atom is 0.332 e. The number of nitrogens with one attached hydrogen (secondary N) is 2. The van der Waals surface area contributed by atoms with Gasteiger partial charge in [-0.1, -0.05) is 0 Å². The highest BCUT2D eigenvalue weighted by Crippen LogP contribution is 2.46. The van der Waals surface area contributed by atoms with E-state index < -0.39 is 24.5 Å². The van der Waals surface area contributed by atoms with E-state index in [1.54, 1.807) is 19.2 Å². The van der Waals surface area contributed by atoms with Crippen LogP contribution in [0.3, 0.4) is 0 Å². The summed E-state index contributed by atoms with van der Waals surface area (Å²) in [4.78, 5) is 75.2. The topological polar surface area (TPSA) is 177 Å². The maximum atomic E-state index is 13.3. The summed E-state index contributed by atoms with van der Waals surface area (Å²) in [5.41, 5.74) is 3.59. The van der Waals surface area contributed by atoms with Gasteiger partial charge in [0.15, 0.2) is 5.65 Å². The van der Waals surface area contributed by atoms with Crippen molar-refractivity contribution in [3.05, 3.63) is 65.9 Å². The molecular weight excluding hydrogens is 592 g/mol. The molecule has 1 aliphatic heterocycles. The summed E-state index contributed by atoms with van der Waals surface area (Å²) >= 11 is 0. The largest absolute Gasteiger partial charge is 0.465 e. The van der Waals surface area contributed by atoms with E-state index in [4.69, 9.17) is 9.72 Å². The van der Waals surface area contributed by atoms with E-state index in [2.05, 4.69) is 30.6 Å². The minimum Gasteiger partial charge on any atom is -0.465 e. The predicted octanol–water partition coefficient (Wildman–Crippen LogP) is 2.79. The van der Waals surface area contributed by atoms with Crippen molar-refractivity contribution >= 4 is 46.8 Å². The predicted molar refractivity (Wildman–Crippen MR) is 164 cm³/mol. The molecule has 4 aromatic rings. The lowest BCUT2D eigenvalue weighted by Gasteiger charge is -2.18. The number of ether oxygens (including phenoxy) is 1. The molecule has 1 saturated heterocycles. The fourth-order valence-corrected chi connectivity index (χ4v) is 5.64. The Morgan fingerprint density at radius 2 is 1.89 bits per heavy atom. The average Bonchev–Trinajstić information content (AvgIpc) is 3.96. The molecule has 4 amide bonds. The Hall–Kier alpha value is -5.47. The molecule has 2 saturated carbocycles. The van der Waals surface area contributed by atoms with Gasteiger partial charge in [0.2, 0.25) is 5.91 Å². The van der Waals surface area contributed by atoms with E-state index in [1.807, 2.05) is 35.9 Å². The number of hydrogen-bond donors (Lipinski definition) is 2. The Morgan fingerprint density at radius 1 is 1.07 bits per heavy atom. The molecule has 2 N–H and O–H groups in total. The van der Waals surface area contributed by atoms with Crippen LogP contribution in [0.15, 0.2) is 43.1 Å². The molecule has 4 aromatic heterocycles. The molecule has 0 radical (unpaired) electrons. The number of imidazole rings is 1. The van der Waals surface area contributed by atoms with E-state index in [0.717, 1.165) is 29.0 Å². The number of urea groups is 1. The summed E-state index contributed by atoms with van der Waals surface area (Å²) in [5.74, 6) is 0.438. The number of amides is 4. The minimum absolute atomic E-state index is 0.00526. The fraction of sp³-hybridized carbons (Fsp3) is 0.387. The van der Waals surface area contributed by atoms with Crippen molar-refractivity contribution in [2.24, 2.45) is 5.92 Å². The highest BCUT2D eigenvalue weighted by Gasteiger charge is 2.46. The number of fused-ring (bicyclic) bond motifs is 1. The third kappa shape index (κ3) is 5.95. The van der Waals surface area contributed by atoms with Gasteiger partial charge in [0.05, 0.1) is 24.5 Å². The summed E-state index contributed by atoms with van der Waals surface area (Å²) in [6.07, 6.45) is 9.71. The highest BCUT2D eigenvalue weighted by atomic mass is 16.5. The molecule has 3 fully saturated rings. The molecular formula is C31H32N10O5. The first-order valence-electron chi connectivity index (χ1n) is 15.2. The zero-order chi connectivity index (χ0) is 31.9. The normalized spacial score (nSPS) is 19.1. The van der Waals surface area contributed by atoms with Crippen LogP contribution < -0.4 is 15.5 Å². The summed E-state index contributed by atoms with van der Waals surface area (Å²) in [5, 5.41) is 6.09. The van der Waals surface area contributed by atoms with Crippen LogP contribution in [0.4, 0.5) is 22.1 Å². The molecule has 46 heavy (non-hydrogen) atoms. The molecule has 0 unspecified atom stereocenters. The number of anilines is 3. The lowest BCUT2D eigenvalue weighted by Crippen LogP contribution is -2.37. The standard InChI is InChI=1S/C31H32N10O5/c1-3-46-27(43)15-41-26(42)14-40(31(41)45)23-8-19(18-4-5-18)12-39-13-20(37-29(23)39)11-33-24-10-25(35-16-34-24)38-30(44)22-9-21(22)28-32-7-6-17(2)36-28/h6-8,10,12-13,16,18,21-22H,3-5,9,11,14-15H2,1-2H3,(H2,33,34,35,38,44)/t21-,22-/m0/s1. The highest BCUT2D eigenvalue weighted by molar-refractivity contribution is 6.14. The van der Waals surface area contributed by atoms with E-state index in [1.165, 1.54) is 11.2 Å². The smallest absolute Gasteiger partial charge is 0.332 e. The number of carbonyl (C=O) groups is 4. The van der Waals surface area contributed by atoms with E-state index in [-0.39, 0.29) is 30.9 Å². The maximum absolute atomic E-state index is 13.3. The number of aromatic nitrogens is 6.